The topological polar surface area (TPSA) is 112 Å². The lowest BCUT2D eigenvalue weighted by molar-refractivity contribution is -0.384. The predicted molar refractivity (Wildman–Crippen MR) is 128 cm³/mol. The number of non-ortho nitro benzene ring substituents is 1. The van der Waals surface area contributed by atoms with E-state index in [1.54, 1.807) is 6.08 Å². The molecule has 9 nitrogen and oxygen atoms in total. The maximum atomic E-state index is 12.4. The van der Waals surface area contributed by atoms with Crippen molar-refractivity contribution in [2.24, 2.45) is 0 Å². The van der Waals surface area contributed by atoms with Crippen LogP contribution in [0, 0.1) is 24.0 Å². The maximum absolute atomic E-state index is 12.4. The summed E-state index contributed by atoms with van der Waals surface area (Å²) < 4.78 is 7.72. The summed E-state index contributed by atoms with van der Waals surface area (Å²) in [7, 11) is 0. The molecule has 0 aliphatic heterocycles. The Labute approximate surface area is 200 Å². The third-order valence-corrected chi connectivity index (χ3v) is 5.86. The van der Waals surface area contributed by atoms with Gasteiger partial charge >= 0.3 is 0 Å². The predicted octanol–water partition coefficient (Wildman–Crippen LogP) is 4.95. The minimum absolute atomic E-state index is 0.00618. The van der Waals surface area contributed by atoms with Crippen molar-refractivity contribution in [2.75, 3.05) is 11.1 Å². The van der Waals surface area contributed by atoms with Crippen molar-refractivity contribution in [3.8, 4) is 5.75 Å². The van der Waals surface area contributed by atoms with Crippen LogP contribution in [0.3, 0.4) is 0 Å². The van der Waals surface area contributed by atoms with Gasteiger partial charge in [0.15, 0.2) is 11.0 Å². The number of allylic oxidation sites excluding steroid dienone is 1. The van der Waals surface area contributed by atoms with Crippen molar-refractivity contribution in [3.05, 3.63) is 81.1 Å². The van der Waals surface area contributed by atoms with E-state index in [2.05, 4.69) is 22.1 Å². The van der Waals surface area contributed by atoms with Crippen molar-refractivity contribution >= 4 is 40.6 Å². The van der Waals surface area contributed by atoms with Gasteiger partial charge in [0, 0.05) is 18.7 Å². The number of ether oxygens (including phenoxy) is 1. The van der Waals surface area contributed by atoms with Crippen LogP contribution in [0.2, 0.25) is 5.02 Å². The second-order valence-corrected chi connectivity index (χ2v) is 8.46. The molecule has 0 bridgehead atoms. The van der Waals surface area contributed by atoms with Crippen molar-refractivity contribution in [3.63, 3.8) is 0 Å². The zero-order chi connectivity index (χ0) is 24.0. The number of nitro benzene ring substituents is 1. The lowest BCUT2D eigenvalue weighted by atomic mass is 10.1. The normalized spacial score (nSPS) is 10.6. The molecule has 0 spiro atoms. The summed E-state index contributed by atoms with van der Waals surface area (Å²) in [6.07, 6.45) is 1.71. The molecule has 3 aromatic rings. The number of anilines is 1. The average Bonchev–Trinajstić information content (AvgIpc) is 3.15. The number of nitrogens with zero attached hydrogens (tertiary/aromatic N) is 4. The number of nitro groups is 1. The van der Waals surface area contributed by atoms with Crippen molar-refractivity contribution < 1.29 is 14.5 Å². The van der Waals surface area contributed by atoms with Gasteiger partial charge in [-0.25, -0.2) is 0 Å². The van der Waals surface area contributed by atoms with Gasteiger partial charge in [-0.2, -0.15) is 0 Å². The molecular weight excluding hydrogens is 466 g/mol. The van der Waals surface area contributed by atoms with E-state index in [9.17, 15) is 14.9 Å². The van der Waals surface area contributed by atoms with E-state index in [1.165, 1.54) is 30.0 Å². The summed E-state index contributed by atoms with van der Waals surface area (Å²) in [5, 5.41) is 22.6. The van der Waals surface area contributed by atoms with Gasteiger partial charge in [-0.1, -0.05) is 47.1 Å². The van der Waals surface area contributed by atoms with Gasteiger partial charge < -0.3 is 10.1 Å². The second kappa shape index (κ2) is 11.0. The van der Waals surface area contributed by atoms with E-state index in [0.29, 0.717) is 17.5 Å². The molecule has 0 fully saturated rings. The number of halogens is 1. The van der Waals surface area contributed by atoms with Crippen molar-refractivity contribution in [1.82, 2.24) is 14.8 Å². The lowest BCUT2D eigenvalue weighted by Crippen LogP contribution is -2.15. The number of thioether (sulfide) groups is 1. The molecule has 0 unspecified atom stereocenters. The molecule has 0 aliphatic rings. The Morgan fingerprint density at radius 3 is 2.79 bits per heavy atom. The van der Waals surface area contributed by atoms with Crippen LogP contribution in [0.4, 0.5) is 11.4 Å². The first-order valence-corrected chi connectivity index (χ1v) is 11.2. The Balaban J connectivity index is 1.65. The highest BCUT2D eigenvalue weighted by atomic mass is 35.5. The molecule has 0 aliphatic carbocycles. The van der Waals surface area contributed by atoms with Crippen LogP contribution in [-0.4, -0.2) is 31.3 Å². The van der Waals surface area contributed by atoms with E-state index in [1.807, 2.05) is 36.6 Å². The first kappa shape index (κ1) is 24.3. The lowest BCUT2D eigenvalue weighted by Gasteiger charge is -2.11. The number of aryl methyl sites for hydroxylation is 2. The largest absolute Gasteiger partial charge is 0.485 e. The van der Waals surface area contributed by atoms with Crippen LogP contribution in [0.25, 0.3) is 0 Å². The molecule has 1 amide bonds. The Kier molecular flexibility index (Phi) is 8.07. The zero-order valence-electron chi connectivity index (χ0n) is 18.1. The molecule has 0 radical (unpaired) electrons. The zero-order valence-corrected chi connectivity index (χ0v) is 19.7. The third-order valence-electron chi connectivity index (χ3n) is 4.56. The van der Waals surface area contributed by atoms with Gasteiger partial charge in [0.25, 0.3) is 5.69 Å². The van der Waals surface area contributed by atoms with E-state index in [-0.39, 0.29) is 34.7 Å². The van der Waals surface area contributed by atoms with E-state index >= 15 is 0 Å². The number of hydrogen-bond donors (Lipinski definition) is 1. The number of benzene rings is 2. The summed E-state index contributed by atoms with van der Waals surface area (Å²) in [6, 6.07) is 9.78. The number of rotatable bonds is 10. The summed E-state index contributed by atoms with van der Waals surface area (Å²) in [4.78, 5) is 22.8. The molecule has 172 valence electrons. The highest BCUT2D eigenvalue weighted by molar-refractivity contribution is 7.99. The molecule has 1 aromatic heterocycles. The minimum Gasteiger partial charge on any atom is -0.485 e. The first-order chi connectivity index (χ1) is 15.8. The number of amides is 1. The SMILES string of the molecule is C=CCn1c(COc2ccc(C)cc2C)nnc1SCC(=O)Nc1cc([N+](=O)[O-])ccc1Cl. The Morgan fingerprint density at radius 2 is 2.09 bits per heavy atom. The maximum Gasteiger partial charge on any atom is 0.271 e. The molecular formula is C22H22ClN5O4S. The molecule has 11 heteroatoms. The highest BCUT2D eigenvalue weighted by Crippen LogP contribution is 2.27. The van der Waals surface area contributed by atoms with Gasteiger partial charge in [-0.15, -0.1) is 16.8 Å². The van der Waals surface area contributed by atoms with Gasteiger partial charge in [-0.05, 0) is 31.5 Å². The number of aromatic nitrogens is 3. The van der Waals surface area contributed by atoms with Crippen LogP contribution in [0.15, 0.2) is 54.2 Å². The van der Waals surface area contributed by atoms with Crippen LogP contribution >= 0.6 is 23.4 Å². The molecule has 0 saturated carbocycles. The minimum atomic E-state index is -0.555. The Hall–Kier alpha value is -3.37. The van der Waals surface area contributed by atoms with E-state index in [0.717, 1.165) is 16.9 Å². The second-order valence-electron chi connectivity index (χ2n) is 7.11. The van der Waals surface area contributed by atoms with Gasteiger partial charge in [0.1, 0.15) is 12.4 Å². The number of carbonyl (C=O) groups excluding carboxylic acids is 1. The molecule has 0 atom stereocenters. The third kappa shape index (κ3) is 6.33. The fourth-order valence-electron chi connectivity index (χ4n) is 2.99. The summed E-state index contributed by atoms with van der Waals surface area (Å²) in [5.41, 5.74) is 2.18. The number of carbonyl (C=O) groups is 1. The van der Waals surface area contributed by atoms with Crippen LogP contribution in [-0.2, 0) is 17.9 Å². The van der Waals surface area contributed by atoms with Crippen molar-refractivity contribution in [1.29, 1.82) is 0 Å². The van der Waals surface area contributed by atoms with Crippen LogP contribution in [0.5, 0.6) is 5.75 Å². The van der Waals surface area contributed by atoms with E-state index in [4.69, 9.17) is 16.3 Å². The monoisotopic (exact) mass is 487 g/mol. The van der Waals surface area contributed by atoms with Gasteiger partial charge in [-0.3, -0.25) is 19.5 Å². The van der Waals surface area contributed by atoms with Gasteiger partial charge in [0.2, 0.25) is 5.91 Å². The molecule has 0 saturated heterocycles. The van der Waals surface area contributed by atoms with Gasteiger partial charge in [0.05, 0.1) is 21.4 Å². The first-order valence-electron chi connectivity index (χ1n) is 9.88. The molecule has 1 heterocycles. The summed E-state index contributed by atoms with van der Waals surface area (Å²) >= 11 is 7.22. The smallest absolute Gasteiger partial charge is 0.271 e. The Morgan fingerprint density at radius 1 is 1.30 bits per heavy atom. The van der Waals surface area contributed by atoms with Crippen molar-refractivity contribution in [2.45, 2.75) is 32.2 Å². The van der Waals surface area contributed by atoms with Crippen LogP contribution in [0.1, 0.15) is 17.0 Å². The number of hydrogen-bond acceptors (Lipinski definition) is 7. The standard InChI is InChI=1S/C22H22ClN5O4S/c1-4-9-27-20(12-32-19-8-5-14(2)10-15(19)3)25-26-22(27)33-13-21(29)24-18-11-16(28(30)31)6-7-17(18)23/h4-8,10-11H,1,9,12-13H2,2-3H3,(H,24,29). The number of nitrogens with one attached hydrogen (secondary N) is 1. The fraction of sp³-hybridized carbons (Fsp3) is 0.227. The Bertz CT molecular complexity index is 1200. The molecule has 2 aromatic carbocycles. The quantitative estimate of drug-likeness (QED) is 0.186. The highest BCUT2D eigenvalue weighted by Gasteiger charge is 2.16. The molecule has 33 heavy (non-hydrogen) atoms. The summed E-state index contributed by atoms with van der Waals surface area (Å²) in [5.74, 6) is 0.978. The van der Waals surface area contributed by atoms with Crippen LogP contribution < -0.4 is 10.1 Å². The van der Waals surface area contributed by atoms with E-state index < -0.39 is 4.92 Å². The fourth-order valence-corrected chi connectivity index (χ4v) is 3.92. The molecule has 3 rings (SSSR count). The average molecular weight is 488 g/mol. The molecule has 1 N–H and O–H groups in total. The summed E-state index contributed by atoms with van der Waals surface area (Å²) in [6.45, 7) is 8.41.